The molecule has 0 aromatic carbocycles. The number of unbranched alkanes of at least 4 members (excludes halogenated alkanes) is 23. The number of aryl methyl sites for hydroxylation is 4. The van der Waals surface area contributed by atoms with Gasteiger partial charge in [-0.2, -0.15) is 0 Å². The SMILES string of the molecule is C=C1c2c(C)sc(-c3sc(-c4ccc(-c5cc(CCCCCCCCCCCC)c(C)s5)s4)cc3CCCCCCCCCCCC)c2C(=O)N1CCCCCCCC. The molecule has 5 heterocycles. The molecule has 1 amide bonds. The van der Waals surface area contributed by atoms with Crippen LogP contribution in [0.25, 0.3) is 35.0 Å². The average Bonchev–Trinajstić information content (AvgIpc) is 4.06. The molecule has 1 aliphatic rings. The lowest BCUT2D eigenvalue weighted by molar-refractivity contribution is 0.0849. The second-order valence-electron chi connectivity index (χ2n) is 17.6. The van der Waals surface area contributed by atoms with Crippen molar-refractivity contribution in [1.82, 2.24) is 4.90 Å². The summed E-state index contributed by atoms with van der Waals surface area (Å²) in [5, 5.41) is 0. The lowest BCUT2D eigenvalue weighted by Gasteiger charge is -2.18. The van der Waals surface area contributed by atoms with E-state index in [9.17, 15) is 4.79 Å². The number of fused-ring (bicyclic) bond motifs is 1. The van der Waals surface area contributed by atoms with Crippen LogP contribution in [0.1, 0.15) is 225 Å². The summed E-state index contributed by atoms with van der Waals surface area (Å²) in [6.07, 6.45) is 37.0. The molecule has 6 heteroatoms. The van der Waals surface area contributed by atoms with E-state index < -0.39 is 0 Å². The highest BCUT2D eigenvalue weighted by Gasteiger charge is 2.37. The predicted molar refractivity (Wildman–Crippen MR) is 268 cm³/mol. The summed E-state index contributed by atoms with van der Waals surface area (Å²) >= 11 is 7.68. The van der Waals surface area contributed by atoms with Gasteiger partial charge in [-0.15, -0.1) is 45.3 Å². The maximum atomic E-state index is 14.2. The number of carbonyl (C=O) groups excluding carboxylic acids is 1. The molecule has 326 valence electrons. The molecule has 0 spiro atoms. The highest BCUT2D eigenvalue weighted by atomic mass is 32.1. The first-order chi connectivity index (χ1) is 28.9. The molecule has 1 aliphatic heterocycles. The summed E-state index contributed by atoms with van der Waals surface area (Å²) in [5.41, 5.74) is 5.95. The Kier molecular flexibility index (Phi) is 21.6. The number of hydrogen-bond donors (Lipinski definition) is 0. The van der Waals surface area contributed by atoms with Crippen LogP contribution < -0.4 is 0 Å². The fourth-order valence-electron chi connectivity index (χ4n) is 8.96. The Hall–Kier alpha value is -1.99. The molecule has 0 saturated carbocycles. The van der Waals surface area contributed by atoms with E-state index in [-0.39, 0.29) is 5.91 Å². The molecular formula is C53H79NOS4. The first-order valence-corrected chi connectivity index (χ1v) is 27.6. The van der Waals surface area contributed by atoms with E-state index in [0.29, 0.717) is 0 Å². The first-order valence-electron chi connectivity index (χ1n) is 24.3. The number of thiophene rings is 4. The van der Waals surface area contributed by atoms with Gasteiger partial charge in [0.1, 0.15) is 0 Å². The Morgan fingerprint density at radius 1 is 0.458 bits per heavy atom. The molecule has 2 nitrogen and oxygen atoms in total. The van der Waals surface area contributed by atoms with Gasteiger partial charge in [-0.05, 0) is 81.3 Å². The molecule has 0 unspecified atom stereocenters. The summed E-state index contributed by atoms with van der Waals surface area (Å²) in [6.45, 7) is 16.7. The quantitative estimate of drug-likeness (QED) is 0.0448. The summed E-state index contributed by atoms with van der Waals surface area (Å²) in [5.74, 6) is 0.179. The number of amides is 1. The molecule has 0 fully saturated rings. The Labute approximate surface area is 377 Å². The van der Waals surface area contributed by atoms with Gasteiger partial charge in [0.2, 0.25) is 0 Å². The zero-order valence-electron chi connectivity index (χ0n) is 38.0. The minimum absolute atomic E-state index is 0.179. The Bertz CT molecular complexity index is 1830. The van der Waals surface area contributed by atoms with Gasteiger partial charge in [0, 0.05) is 51.9 Å². The highest BCUT2D eigenvalue weighted by Crippen LogP contribution is 2.51. The molecular weight excluding hydrogens is 795 g/mol. The van der Waals surface area contributed by atoms with E-state index >= 15 is 0 Å². The molecule has 5 rings (SSSR count). The van der Waals surface area contributed by atoms with Crippen molar-refractivity contribution < 1.29 is 4.79 Å². The van der Waals surface area contributed by atoms with Crippen molar-refractivity contribution in [3.8, 4) is 29.3 Å². The van der Waals surface area contributed by atoms with Crippen molar-refractivity contribution in [3.05, 3.63) is 62.9 Å². The van der Waals surface area contributed by atoms with Gasteiger partial charge in [-0.3, -0.25) is 4.79 Å². The topological polar surface area (TPSA) is 20.3 Å². The Morgan fingerprint density at radius 3 is 1.42 bits per heavy atom. The molecule has 0 aliphatic carbocycles. The maximum absolute atomic E-state index is 14.2. The van der Waals surface area contributed by atoms with Crippen LogP contribution in [0.15, 0.2) is 30.8 Å². The maximum Gasteiger partial charge on any atom is 0.260 e. The van der Waals surface area contributed by atoms with E-state index in [1.165, 1.54) is 212 Å². The summed E-state index contributed by atoms with van der Waals surface area (Å²) in [7, 11) is 0. The summed E-state index contributed by atoms with van der Waals surface area (Å²) < 4.78 is 0. The molecule has 4 aromatic rings. The van der Waals surface area contributed by atoms with Crippen LogP contribution in [0.4, 0.5) is 0 Å². The fraction of sp³-hybridized carbons (Fsp3) is 0.642. The minimum atomic E-state index is 0.179. The molecule has 0 bridgehead atoms. The van der Waals surface area contributed by atoms with Crippen LogP contribution in [0.5, 0.6) is 0 Å². The molecule has 0 radical (unpaired) electrons. The van der Waals surface area contributed by atoms with Crippen LogP contribution in [-0.4, -0.2) is 17.4 Å². The van der Waals surface area contributed by atoms with Gasteiger partial charge >= 0.3 is 0 Å². The minimum Gasteiger partial charge on any atom is -0.308 e. The van der Waals surface area contributed by atoms with Gasteiger partial charge in [0.05, 0.1) is 10.4 Å². The van der Waals surface area contributed by atoms with Gasteiger partial charge in [0.15, 0.2) is 0 Å². The molecule has 59 heavy (non-hydrogen) atoms. The number of carbonyl (C=O) groups is 1. The molecule has 0 saturated heterocycles. The van der Waals surface area contributed by atoms with Crippen molar-refractivity contribution in [2.75, 3.05) is 6.54 Å². The fourth-order valence-corrected chi connectivity index (χ4v) is 13.8. The zero-order chi connectivity index (χ0) is 41.8. The highest BCUT2D eigenvalue weighted by molar-refractivity contribution is 7.28. The van der Waals surface area contributed by atoms with Gasteiger partial charge in [0.25, 0.3) is 5.91 Å². The van der Waals surface area contributed by atoms with Crippen LogP contribution in [-0.2, 0) is 12.8 Å². The Morgan fingerprint density at radius 2 is 0.898 bits per heavy atom. The molecule has 0 N–H and O–H groups in total. The third kappa shape index (κ3) is 14.3. The van der Waals surface area contributed by atoms with E-state index in [2.05, 4.69) is 65.5 Å². The van der Waals surface area contributed by atoms with Crippen LogP contribution >= 0.6 is 45.3 Å². The average molecular weight is 874 g/mol. The van der Waals surface area contributed by atoms with Crippen molar-refractivity contribution in [2.45, 2.75) is 214 Å². The van der Waals surface area contributed by atoms with Gasteiger partial charge in [-0.1, -0.05) is 175 Å². The third-order valence-corrected chi connectivity index (χ3v) is 17.6. The largest absolute Gasteiger partial charge is 0.308 e. The van der Waals surface area contributed by atoms with Crippen LogP contribution in [0.2, 0.25) is 0 Å². The molecule has 4 aromatic heterocycles. The number of hydrogen-bond acceptors (Lipinski definition) is 5. The second-order valence-corrected chi connectivity index (χ2v) is 22.2. The smallest absolute Gasteiger partial charge is 0.260 e. The molecule has 0 atom stereocenters. The van der Waals surface area contributed by atoms with E-state index in [1.54, 1.807) is 5.56 Å². The van der Waals surface area contributed by atoms with Crippen molar-refractivity contribution >= 4 is 57.0 Å². The third-order valence-electron chi connectivity index (χ3n) is 12.6. The van der Waals surface area contributed by atoms with Gasteiger partial charge in [-0.25, -0.2) is 0 Å². The number of nitrogens with zero attached hydrogens (tertiary/aromatic N) is 1. The summed E-state index contributed by atoms with van der Waals surface area (Å²) in [4.78, 5) is 27.0. The van der Waals surface area contributed by atoms with E-state index in [1.807, 2.05) is 50.2 Å². The van der Waals surface area contributed by atoms with E-state index in [0.717, 1.165) is 36.2 Å². The second kappa shape index (κ2) is 26.5. The predicted octanol–water partition coefficient (Wildman–Crippen LogP) is 19.3. The van der Waals surface area contributed by atoms with Gasteiger partial charge < -0.3 is 4.90 Å². The Balaban J connectivity index is 1.26. The van der Waals surface area contributed by atoms with Crippen LogP contribution in [0.3, 0.4) is 0 Å². The van der Waals surface area contributed by atoms with E-state index in [4.69, 9.17) is 0 Å². The number of rotatable bonds is 32. The lowest BCUT2D eigenvalue weighted by atomic mass is 10.0. The van der Waals surface area contributed by atoms with Crippen molar-refractivity contribution in [3.63, 3.8) is 0 Å². The lowest BCUT2D eigenvalue weighted by Crippen LogP contribution is -2.24. The summed E-state index contributed by atoms with van der Waals surface area (Å²) in [6, 6.07) is 9.70. The van der Waals surface area contributed by atoms with Crippen molar-refractivity contribution in [2.24, 2.45) is 0 Å². The van der Waals surface area contributed by atoms with Crippen LogP contribution in [0, 0.1) is 13.8 Å². The standard InChI is InChI=1S/C53H79NOS4/c1-7-10-13-16-19-21-23-25-27-30-33-43-38-47(56-41(43)5)45-35-36-46(58-45)48-39-44(34-31-28-26-24-22-20-17-14-11-8-2)51(59-48)52-50-49(42(6)57-52)40(4)54(53(50)55)37-32-29-18-15-12-9-3/h35-36,38-39H,4,7-34,37H2,1-3,5-6H3. The zero-order valence-corrected chi connectivity index (χ0v) is 41.3. The normalized spacial score (nSPS) is 12.8. The monoisotopic (exact) mass is 874 g/mol. The first kappa shape index (κ1) is 48.0. The van der Waals surface area contributed by atoms with Crippen molar-refractivity contribution in [1.29, 1.82) is 0 Å².